The van der Waals surface area contributed by atoms with Crippen molar-refractivity contribution in [2.45, 2.75) is 65.1 Å². The maximum atomic E-state index is 13.8. The summed E-state index contributed by atoms with van der Waals surface area (Å²) in [6, 6.07) is 9.21. The number of hydrogen-bond donors (Lipinski definition) is 1. The van der Waals surface area contributed by atoms with Crippen molar-refractivity contribution >= 4 is 27.5 Å². The number of amides is 2. The third-order valence-corrected chi connectivity index (χ3v) is 7.41. The van der Waals surface area contributed by atoms with E-state index < -0.39 is 27.7 Å². The van der Waals surface area contributed by atoms with Gasteiger partial charge in [-0.1, -0.05) is 26.0 Å². The molecule has 2 aromatic rings. The molecule has 0 radical (unpaired) electrons. The van der Waals surface area contributed by atoms with Crippen LogP contribution in [0.3, 0.4) is 0 Å². The zero-order chi connectivity index (χ0) is 28.5. The first-order valence-corrected chi connectivity index (χ1v) is 14.4. The third kappa shape index (κ3) is 8.68. The Balaban J connectivity index is 2.26. The summed E-state index contributed by atoms with van der Waals surface area (Å²) in [6.07, 6.45) is 2.10. The molecular formula is C27H37F2N3O5S. The molecule has 0 aromatic heterocycles. The number of halogens is 2. The Labute approximate surface area is 224 Å². The molecule has 2 amide bonds. The lowest BCUT2D eigenvalue weighted by Gasteiger charge is -2.32. The molecule has 11 heteroatoms. The lowest BCUT2D eigenvalue weighted by atomic mass is 10.1. The Morgan fingerprint density at radius 2 is 1.76 bits per heavy atom. The number of carbonyl (C=O) groups excluding carboxylic acids is 2. The summed E-state index contributed by atoms with van der Waals surface area (Å²) < 4.78 is 58.1. The molecule has 0 bridgehead atoms. The van der Waals surface area contributed by atoms with Crippen LogP contribution in [0.25, 0.3) is 0 Å². The summed E-state index contributed by atoms with van der Waals surface area (Å²) in [5, 5.41) is 2.94. The van der Waals surface area contributed by atoms with E-state index in [1.165, 1.54) is 18.1 Å². The number of ether oxygens (including phenoxy) is 1. The van der Waals surface area contributed by atoms with Gasteiger partial charge in [0.25, 0.3) is 0 Å². The van der Waals surface area contributed by atoms with E-state index >= 15 is 0 Å². The minimum absolute atomic E-state index is 0.0357. The Kier molecular flexibility index (Phi) is 11.5. The summed E-state index contributed by atoms with van der Waals surface area (Å²) >= 11 is 0. The van der Waals surface area contributed by atoms with Crippen LogP contribution in [0.5, 0.6) is 5.75 Å². The van der Waals surface area contributed by atoms with Crippen molar-refractivity contribution in [3.8, 4) is 5.75 Å². The smallest absolute Gasteiger partial charge is 0.243 e. The van der Waals surface area contributed by atoms with E-state index in [0.29, 0.717) is 12.2 Å². The molecule has 0 heterocycles. The van der Waals surface area contributed by atoms with Crippen LogP contribution in [0, 0.1) is 11.6 Å². The molecule has 0 spiro atoms. The normalized spacial score (nSPS) is 12.9. The fourth-order valence-corrected chi connectivity index (χ4v) is 4.93. The van der Waals surface area contributed by atoms with E-state index in [0.717, 1.165) is 34.7 Å². The fourth-order valence-electron chi connectivity index (χ4n) is 3.97. The lowest BCUT2D eigenvalue weighted by Crippen LogP contribution is -2.50. The van der Waals surface area contributed by atoms with Gasteiger partial charge >= 0.3 is 0 Å². The monoisotopic (exact) mass is 553 g/mol. The zero-order valence-corrected chi connectivity index (χ0v) is 23.4. The van der Waals surface area contributed by atoms with E-state index in [9.17, 15) is 26.8 Å². The van der Waals surface area contributed by atoms with Crippen molar-refractivity contribution < 1.29 is 31.5 Å². The molecule has 0 unspecified atom stereocenters. The molecule has 2 aromatic carbocycles. The SMILES string of the molecule is CC[C@@H](C)NC(=O)[C@H](CC)N(Cc1cccc(OC)c1)C(=O)CCCN(c1ccc(F)c(F)c1)S(C)(=O)=O. The van der Waals surface area contributed by atoms with Gasteiger partial charge in [-0.3, -0.25) is 13.9 Å². The van der Waals surface area contributed by atoms with E-state index in [4.69, 9.17) is 4.74 Å². The van der Waals surface area contributed by atoms with Gasteiger partial charge in [0, 0.05) is 31.6 Å². The number of rotatable bonds is 14. The van der Waals surface area contributed by atoms with Crippen LogP contribution in [-0.4, -0.2) is 57.1 Å². The highest BCUT2D eigenvalue weighted by Crippen LogP contribution is 2.22. The second-order valence-electron chi connectivity index (χ2n) is 9.15. The minimum atomic E-state index is -3.83. The molecule has 0 aliphatic carbocycles. The largest absolute Gasteiger partial charge is 0.497 e. The van der Waals surface area contributed by atoms with E-state index in [2.05, 4.69) is 5.32 Å². The van der Waals surface area contributed by atoms with Gasteiger partial charge in [-0.2, -0.15) is 0 Å². The van der Waals surface area contributed by atoms with Crippen LogP contribution < -0.4 is 14.4 Å². The highest BCUT2D eigenvalue weighted by atomic mass is 32.2. The van der Waals surface area contributed by atoms with Gasteiger partial charge in [0.2, 0.25) is 21.8 Å². The predicted octanol–water partition coefficient (Wildman–Crippen LogP) is 4.24. The molecule has 0 saturated heterocycles. The highest BCUT2D eigenvalue weighted by molar-refractivity contribution is 7.92. The molecule has 8 nitrogen and oxygen atoms in total. The molecule has 210 valence electrons. The van der Waals surface area contributed by atoms with Crippen molar-refractivity contribution in [1.82, 2.24) is 10.2 Å². The second-order valence-corrected chi connectivity index (χ2v) is 11.1. The summed E-state index contributed by atoms with van der Waals surface area (Å²) in [5.74, 6) is -2.25. The van der Waals surface area contributed by atoms with Gasteiger partial charge in [0.05, 0.1) is 19.1 Å². The number of sulfonamides is 1. The topological polar surface area (TPSA) is 96.0 Å². The van der Waals surface area contributed by atoms with E-state index in [1.807, 2.05) is 26.8 Å². The Hall–Kier alpha value is -3.21. The number of methoxy groups -OCH3 is 1. The molecule has 1 N–H and O–H groups in total. The van der Waals surface area contributed by atoms with Crippen molar-refractivity contribution in [2.75, 3.05) is 24.2 Å². The van der Waals surface area contributed by atoms with Crippen molar-refractivity contribution in [3.05, 3.63) is 59.7 Å². The summed E-state index contributed by atoms with van der Waals surface area (Å²) in [7, 11) is -2.29. The van der Waals surface area contributed by atoms with Crippen LogP contribution in [0.1, 0.15) is 52.0 Å². The Bertz CT molecular complexity index is 1210. The van der Waals surface area contributed by atoms with E-state index in [1.54, 1.807) is 18.2 Å². The molecule has 0 saturated carbocycles. The summed E-state index contributed by atoms with van der Waals surface area (Å²) in [4.78, 5) is 28.0. The molecule has 38 heavy (non-hydrogen) atoms. The summed E-state index contributed by atoms with van der Waals surface area (Å²) in [5.41, 5.74) is 0.735. The minimum Gasteiger partial charge on any atom is -0.497 e. The number of anilines is 1. The van der Waals surface area contributed by atoms with Crippen LogP contribution in [-0.2, 0) is 26.2 Å². The van der Waals surface area contributed by atoms with Gasteiger partial charge in [-0.25, -0.2) is 17.2 Å². The number of hydrogen-bond acceptors (Lipinski definition) is 5. The molecule has 2 atom stereocenters. The van der Waals surface area contributed by atoms with Gasteiger partial charge in [-0.05, 0) is 56.0 Å². The first-order chi connectivity index (χ1) is 17.9. The first-order valence-electron chi connectivity index (χ1n) is 12.6. The van der Waals surface area contributed by atoms with Crippen LogP contribution in [0.2, 0.25) is 0 Å². The first kappa shape index (κ1) is 31.0. The summed E-state index contributed by atoms with van der Waals surface area (Å²) in [6.45, 7) is 5.68. The Morgan fingerprint density at radius 3 is 2.34 bits per heavy atom. The average Bonchev–Trinajstić information content (AvgIpc) is 2.87. The van der Waals surface area contributed by atoms with Crippen molar-refractivity contribution in [3.63, 3.8) is 0 Å². The van der Waals surface area contributed by atoms with Crippen molar-refractivity contribution in [1.29, 1.82) is 0 Å². The van der Waals surface area contributed by atoms with E-state index in [-0.39, 0.29) is 49.5 Å². The maximum Gasteiger partial charge on any atom is 0.243 e. The quantitative estimate of drug-likeness (QED) is 0.378. The van der Waals surface area contributed by atoms with Crippen LogP contribution in [0.4, 0.5) is 14.5 Å². The number of benzene rings is 2. The third-order valence-electron chi connectivity index (χ3n) is 6.22. The maximum absolute atomic E-state index is 13.8. The fraction of sp³-hybridized carbons (Fsp3) is 0.481. The average molecular weight is 554 g/mol. The van der Waals surface area contributed by atoms with Crippen molar-refractivity contribution in [2.24, 2.45) is 0 Å². The highest BCUT2D eigenvalue weighted by Gasteiger charge is 2.29. The number of nitrogens with one attached hydrogen (secondary N) is 1. The van der Waals surface area contributed by atoms with Gasteiger partial charge < -0.3 is 15.0 Å². The number of carbonyl (C=O) groups is 2. The Morgan fingerprint density at radius 1 is 1.05 bits per heavy atom. The number of nitrogens with zero attached hydrogens (tertiary/aromatic N) is 2. The van der Waals surface area contributed by atoms with Gasteiger partial charge in [-0.15, -0.1) is 0 Å². The van der Waals surface area contributed by atoms with Gasteiger partial charge in [0.1, 0.15) is 11.8 Å². The molecule has 0 aliphatic heterocycles. The zero-order valence-electron chi connectivity index (χ0n) is 22.5. The predicted molar refractivity (Wildman–Crippen MR) is 143 cm³/mol. The standard InChI is InChI=1S/C27H37F2N3O5S/c1-6-19(3)30-27(34)25(7-2)31(18-20-10-8-11-22(16-20)37-4)26(33)12-9-15-32(38(5,35)36)21-13-14-23(28)24(29)17-21/h8,10-11,13-14,16-17,19,25H,6-7,9,12,15,18H2,1-5H3,(H,30,34)/t19-,25+/m1/s1. The van der Waals surface area contributed by atoms with Crippen LogP contribution >= 0.6 is 0 Å². The molecule has 2 rings (SSSR count). The molecule has 0 fully saturated rings. The lowest BCUT2D eigenvalue weighted by molar-refractivity contribution is -0.141. The second kappa shape index (κ2) is 14.1. The molecule has 0 aliphatic rings. The van der Waals surface area contributed by atoms with Gasteiger partial charge in [0.15, 0.2) is 11.6 Å². The van der Waals surface area contributed by atoms with Crippen LogP contribution in [0.15, 0.2) is 42.5 Å². The molecular weight excluding hydrogens is 516 g/mol.